The molecule has 0 aromatic heterocycles. The summed E-state index contributed by atoms with van der Waals surface area (Å²) in [6.07, 6.45) is 0. The van der Waals surface area contributed by atoms with Gasteiger partial charge in [-0.3, -0.25) is 0 Å². The number of hydrogen-bond donors (Lipinski definition) is 4. The third kappa shape index (κ3) is 4.66. The summed E-state index contributed by atoms with van der Waals surface area (Å²) >= 11 is 0. The Morgan fingerprint density at radius 3 is 0.951 bits per heavy atom. The van der Waals surface area contributed by atoms with Crippen LogP contribution >= 0.6 is 0 Å². The second-order valence-electron chi connectivity index (χ2n) is 10.0. The highest BCUT2D eigenvalue weighted by Gasteiger charge is 2.45. The Morgan fingerprint density at radius 2 is 0.610 bits per heavy atom. The van der Waals surface area contributed by atoms with Crippen molar-refractivity contribution in [3.63, 3.8) is 0 Å². The van der Waals surface area contributed by atoms with Crippen LogP contribution in [0.1, 0.15) is 22.3 Å². The first kappa shape index (κ1) is 25.8. The SMILES string of the molecule is Oc1ccc(-c2ccc(O)cc2)cc1.Oc1ccc(C2(c3ccc(O)cc3)c3ccccc3-c3ccccc32)cc1. The van der Waals surface area contributed by atoms with Crippen molar-refractivity contribution < 1.29 is 20.4 Å². The first-order chi connectivity index (χ1) is 20.0. The van der Waals surface area contributed by atoms with Crippen LogP contribution in [0.5, 0.6) is 23.0 Å². The molecule has 0 saturated heterocycles. The van der Waals surface area contributed by atoms with Gasteiger partial charge in [-0.25, -0.2) is 0 Å². The van der Waals surface area contributed by atoms with E-state index in [1.807, 2.05) is 48.5 Å². The molecule has 7 rings (SSSR count). The van der Waals surface area contributed by atoms with Gasteiger partial charge in [-0.15, -0.1) is 0 Å². The van der Waals surface area contributed by atoms with Crippen LogP contribution in [0.4, 0.5) is 0 Å². The highest BCUT2D eigenvalue weighted by Crippen LogP contribution is 2.56. The topological polar surface area (TPSA) is 80.9 Å². The minimum atomic E-state index is -0.491. The molecule has 0 amide bonds. The lowest BCUT2D eigenvalue weighted by Gasteiger charge is -2.33. The Balaban J connectivity index is 0.000000182. The molecule has 1 aliphatic rings. The minimum Gasteiger partial charge on any atom is -0.508 e. The second-order valence-corrected chi connectivity index (χ2v) is 10.0. The van der Waals surface area contributed by atoms with Gasteiger partial charge in [0.05, 0.1) is 5.41 Å². The minimum absolute atomic E-state index is 0.249. The molecular weight excluding hydrogens is 508 g/mol. The fourth-order valence-corrected chi connectivity index (χ4v) is 5.75. The quantitative estimate of drug-likeness (QED) is 0.183. The molecule has 6 aromatic rings. The maximum Gasteiger partial charge on any atom is 0.115 e. The number of hydrogen-bond acceptors (Lipinski definition) is 4. The highest BCUT2D eigenvalue weighted by molar-refractivity contribution is 5.86. The predicted molar refractivity (Wildman–Crippen MR) is 162 cm³/mol. The number of fused-ring (bicyclic) bond motifs is 3. The van der Waals surface area contributed by atoms with Crippen LogP contribution in [0.2, 0.25) is 0 Å². The molecule has 0 radical (unpaired) electrons. The zero-order valence-corrected chi connectivity index (χ0v) is 22.1. The van der Waals surface area contributed by atoms with Crippen LogP contribution in [0.15, 0.2) is 146 Å². The normalized spacial score (nSPS) is 12.5. The Morgan fingerprint density at radius 1 is 0.317 bits per heavy atom. The fraction of sp³-hybridized carbons (Fsp3) is 0.0270. The Labute approximate surface area is 238 Å². The van der Waals surface area contributed by atoms with Gasteiger partial charge in [-0.05, 0) is 93.0 Å². The average molecular weight is 537 g/mol. The molecule has 4 heteroatoms. The van der Waals surface area contributed by atoms with Crippen LogP contribution in [-0.2, 0) is 5.41 Å². The van der Waals surface area contributed by atoms with Gasteiger partial charge in [-0.2, -0.15) is 0 Å². The number of phenolic OH excluding ortho intramolecular Hbond substituents is 4. The third-order valence-electron chi connectivity index (χ3n) is 7.62. The Kier molecular flexibility index (Phi) is 6.66. The predicted octanol–water partition coefficient (Wildman–Crippen LogP) is 8.23. The van der Waals surface area contributed by atoms with E-state index in [1.54, 1.807) is 48.5 Å². The summed E-state index contributed by atoms with van der Waals surface area (Å²) in [6.45, 7) is 0. The van der Waals surface area contributed by atoms with Crippen molar-refractivity contribution in [1.82, 2.24) is 0 Å². The van der Waals surface area contributed by atoms with E-state index in [9.17, 15) is 10.2 Å². The summed E-state index contributed by atoms with van der Waals surface area (Å²) in [4.78, 5) is 0. The van der Waals surface area contributed by atoms with Crippen molar-refractivity contribution >= 4 is 0 Å². The lowest BCUT2D eigenvalue weighted by atomic mass is 9.68. The van der Waals surface area contributed by atoms with Crippen LogP contribution in [0.3, 0.4) is 0 Å². The monoisotopic (exact) mass is 536 g/mol. The lowest BCUT2D eigenvalue weighted by molar-refractivity contribution is 0.474. The van der Waals surface area contributed by atoms with E-state index >= 15 is 0 Å². The first-order valence-electron chi connectivity index (χ1n) is 13.3. The van der Waals surface area contributed by atoms with E-state index in [1.165, 1.54) is 22.3 Å². The van der Waals surface area contributed by atoms with E-state index in [0.29, 0.717) is 0 Å². The van der Waals surface area contributed by atoms with Crippen LogP contribution < -0.4 is 0 Å². The molecule has 0 bridgehead atoms. The van der Waals surface area contributed by atoms with Crippen molar-refractivity contribution in [1.29, 1.82) is 0 Å². The molecule has 6 aromatic carbocycles. The van der Waals surface area contributed by atoms with E-state index in [4.69, 9.17) is 10.2 Å². The van der Waals surface area contributed by atoms with Crippen molar-refractivity contribution in [2.75, 3.05) is 0 Å². The first-order valence-corrected chi connectivity index (χ1v) is 13.3. The molecule has 0 fully saturated rings. The fourth-order valence-electron chi connectivity index (χ4n) is 5.75. The van der Waals surface area contributed by atoms with Gasteiger partial charge in [0.25, 0.3) is 0 Å². The summed E-state index contributed by atoms with van der Waals surface area (Å²) in [5, 5.41) is 37.9. The van der Waals surface area contributed by atoms with Crippen LogP contribution in [0.25, 0.3) is 22.3 Å². The molecule has 0 atom stereocenters. The summed E-state index contributed by atoms with van der Waals surface area (Å²) in [7, 11) is 0. The third-order valence-corrected chi connectivity index (χ3v) is 7.62. The number of rotatable bonds is 3. The highest BCUT2D eigenvalue weighted by atomic mass is 16.3. The van der Waals surface area contributed by atoms with Gasteiger partial charge in [0.1, 0.15) is 23.0 Å². The van der Waals surface area contributed by atoms with Crippen molar-refractivity contribution in [3.05, 3.63) is 168 Å². The molecule has 0 unspecified atom stereocenters. The smallest absolute Gasteiger partial charge is 0.115 e. The molecule has 1 aliphatic carbocycles. The molecule has 0 aliphatic heterocycles. The van der Waals surface area contributed by atoms with E-state index in [2.05, 4.69) is 48.5 Å². The number of aromatic hydroxyl groups is 4. The van der Waals surface area contributed by atoms with Crippen LogP contribution in [0, 0.1) is 0 Å². The molecule has 0 heterocycles. The summed E-state index contributed by atoms with van der Waals surface area (Å²) < 4.78 is 0. The molecule has 0 spiro atoms. The molecule has 41 heavy (non-hydrogen) atoms. The van der Waals surface area contributed by atoms with Gasteiger partial charge in [-0.1, -0.05) is 97.1 Å². The van der Waals surface area contributed by atoms with Gasteiger partial charge in [0, 0.05) is 0 Å². The van der Waals surface area contributed by atoms with Crippen molar-refractivity contribution in [2.45, 2.75) is 5.41 Å². The van der Waals surface area contributed by atoms with Crippen LogP contribution in [-0.4, -0.2) is 20.4 Å². The van der Waals surface area contributed by atoms with E-state index in [0.717, 1.165) is 22.3 Å². The number of benzene rings is 6. The average Bonchev–Trinajstić information content (AvgIpc) is 3.30. The zero-order chi connectivity index (χ0) is 28.4. The van der Waals surface area contributed by atoms with E-state index in [-0.39, 0.29) is 23.0 Å². The van der Waals surface area contributed by atoms with Gasteiger partial charge in [0.15, 0.2) is 0 Å². The summed E-state index contributed by atoms with van der Waals surface area (Å²) in [6, 6.07) is 45.8. The maximum atomic E-state index is 9.85. The number of phenols is 4. The van der Waals surface area contributed by atoms with Gasteiger partial charge < -0.3 is 20.4 Å². The maximum absolute atomic E-state index is 9.85. The largest absolute Gasteiger partial charge is 0.508 e. The summed E-state index contributed by atoms with van der Waals surface area (Å²) in [5.41, 5.74) is 8.57. The molecule has 4 nitrogen and oxygen atoms in total. The Bertz CT molecular complexity index is 1650. The Hall–Kier alpha value is -5.48. The van der Waals surface area contributed by atoms with Crippen molar-refractivity contribution in [3.8, 4) is 45.3 Å². The summed E-state index contributed by atoms with van der Waals surface area (Å²) in [5.74, 6) is 1.01. The second kappa shape index (κ2) is 10.6. The zero-order valence-electron chi connectivity index (χ0n) is 22.1. The van der Waals surface area contributed by atoms with Gasteiger partial charge in [0.2, 0.25) is 0 Å². The van der Waals surface area contributed by atoms with Crippen molar-refractivity contribution in [2.24, 2.45) is 0 Å². The molecular formula is C37H28O4. The molecule has 0 saturated carbocycles. The molecule has 4 N–H and O–H groups in total. The van der Waals surface area contributed by atoms with Gasteiger partial charge >= 0.3 is 0 Å². The molecule has 200 valence electrons. The van der Waals surface area contributed by atoms with E-state index < -0.39 is 5.41 Å². The lowest BCUT2D eigenvalue weighted by Crippen LogP contribution is -2.28. The standard InChI is InChI=1S/C25H18O2.C12H10O2/c26-19-13-9-17(10-14-19)25(18-11-15-20(27)16-12-18)23-7-3-1-5-21(23)22-6-2-4-8-24(22)25;13-11-5-1-9(2-6-11)10-3-7-12(14)8-4-10/h1-16,26-27H;1-8,13-14H.